The first-order valence-electron chi connectivity index (χ1n) is 4.65. The molecule has 3 aliphatic rings. The summed E-state index contributed by atoms with van der Waals surface area (Å²) in [5, 5.41) is 0. The van der Waals surface area contributed by atoms with Gasteiger partial charge in [-0.25, -0.2) is 0 Å². The molecule has 0 heterocycles. The first-order valence-corrected chi connectivity index (χ1v) is 4.65. The summed E-state index contributed by atoms with van der Waals surface area (Å²) in [7, 11) is 0. The molecule has 0 radical (unpaired) electrons. The second-order valence-corrected chi connectivity index (χ2v) is 4.48. The van der Waals surface area contributed by atoms with E-state index in [1.807, 2.05) is 0 Å². The molecule has 0 amide bonds. The van der Waals surface area contributed by atoms with Gasteiger partial charge < -0.3 is 0 Å². The summed E-state index contributed by atoms with van der Waals surface area (Å²) in [6.07, 6.45) is 13.7. The van der Waals surface area contributed by atoms with Gasteiger partial charge in [-0.15, -0.1) is 0 Å². The Bertz CT molecular complexity index is 261. The number of fused-ring (bicyclic) bond motifs is 1. The molecule has 3 unspecified atom stereocenters. The Morgan fingerprint density at radius 1 is 1.27 bits per heavy atom. The van der Waals surface area contributed by atoms with E-state index >= 15 is 0 Å². The average Bonchev–Trinajstić information content (AvgIpc) is 2.41. The SMILES string of the molecule is CC12CCC=CC13C=CCC32. The Morgan fingerprint density at radius 2 is 2.09 bits per heavy atom. The van der Waals surface area contributed by atoms with E-state index in [0.717, 1.165) is 5.92 Å². The maximum atomic E-state index is 2.46. The molecule has 0 N–H and O–H groups in total. The van der Waals surface area contributed by atoms with Crippen LogP contribution in [-0.4, -0.2) is 0 Å². The van der Waals surface area contributed by atoms with Crippen LogP contribution in [0.2, 0.25) is 0 Å². The number of hydrogen-bond donors (Lipinski definition) is 0. The Labute approximate surface area is 68.0 Å². The van der Waals surface area contributed by atoms with Gasteiger partial charge in [0, 0.05) is 5.41 Å². The molecule has 3 atom stereocenters. The minimum absolute atomic E-state index is 0.533. The largest absolute Gasteiger partial charge is 0.0876 e. The summed E-state index contributed by atoms with van der Waals surface area (Å²) in [6.45, 7) is 2.46. The van der Waals surface area contributed by atoms with Crippen LogP contribution in [0.1, 0.15) is 26.2 Å². The third-order valence-electron chi connectivity index (χ3n) is 4.24. The zero-order chi connectivity index (χ0) is 7.53. The Balaban J connectivity index is 2.12. The molecule has 0 aliphatic heterocycles. The molecule has 0 aromatic rings. The van der Waals surface area contributed by atoms with Gasteiger partial charge in [-0.3, -0.25) is 0 Å². The molecule has 1 fully saturated rings. The second kappa shape index (κ2) is 1.48. The molecule has 0 saturated heterocycles. The van der Waals surface area contributed by atoms with Crippen LogP contribution in [0.3, 0.4) is 0 Å². The minimum atomic E-state index is 0.533. The van der Waals surface area contributed by atoms with E-state index in [1.165, 1.54) is 19.3 Å². The highest BCUT2D eigenvalue weighted by Gasteiger charge is 2.71. The van der Waals surface area contributed by atoms with E-state index < -0.39 is 0 Å². The molecule has 0 nitrogen and oxygen atoms in total. The van der Waals surface area contributed by atoms with Crippen LogP contribution < -0.4 is 0 Å². The molecule has 0 aromatic heterocycles. The lowest BCUT2D eigenvalue weighted by atomic mass is 9.85. The summed E-state index contributed by atoms with van der Waals surface area (Å²) < 4.78 is 0. The van der Waals surface area contributed by atoms with Crippen molar-refractivity contribution in [3.8, 4) is 0 Å². The molecule has 1 saturated carbocycles. The van der Waals surface area contributed by atoms with Gasteiger partial charge in [0.05, 0.1) is 0 Å². The van der Waals surface area contributed by atoms with Crippen molar-refractivity contribution in [2.45, 2.75) is 26.2 Å². The van der Waals surface area contributed by atoms with Crippen molar-refractivity contribution >= 4 is 0 Å². The van der Waals surface area contributed by atoms with Crippen molar-refractivity contribution in [3.63, 3.8) is 0 Å². The van der Waals surface area contributed by atoms with Gasteiger partial charge in [0.25, 0.3) is 0 Å². The standard InChI is InChI=1S/C11H14/c1-10-6-2-3-7-11(10)8-4-5-9(10)11/h3-4,7-9H,2,5-6H2,1H3. The van der Waals surface area contributed by atoms with Crippen LogP contribution in [0.5, 0.6) is 0 Å². The number of allylic oxidation sites excluding steroid dienone is 4. The maximum Gasteiger partial charge on any atom is 0.0155 e. The summed E-state index contributed by atoms with van der Waals surface area (Å²) in [5.74, 6) is 0.966. The lowest BCUT2D eigenvalue weighted by molar-refractivity contribution is 0.413. The van der Waals surface area contributed by atoms with Gasteiger partial charge in [-0.05, 0) is 30.6 Å². The molecule has 3 rings (SSSR count). The number of hydrogen-bond acceptors (Lipinski definition) is 0. The first kappa shape index (κ1) is 6.05. The fraction of sp³-hybridized carbons (Fsp3) is 0.636. The highest BCUT2D eigenvalue weighted by atomic mass is 14.7. The zero-order valence-corrected chi connectivity index (χ0v) is 7.01. The predicted octanol–water partition coefficient (Wildman–Crippen LogP) is 2.92. The van der Waals surface area contributed by atoms with Gasteiger partial charge in [0.1, 0.15) is 0 Å². The van der Waals surface area contributed by atoms with Crippen molar-refractivity contribution in [1.82, 2.24) is 0 Å². The number of rotatable bonds is 0. The average molecular weight is 146 g/mol. The molecule has 0 heteroatoms. The smallest absolute Gasteiger partial charge is 0.0155 e. The Kier molecular flexibility index (Phi) is 0.812. The van der Waals surface area contributed by atoms with E-state index in [1.54, 1.807) is 0 Å². The molecule has 0 aromatic carbocycles. The summed E-state index contributed by atoms with van der Waals surface area (Å²) in [4.78, 5) is 0. The fourth-order valence-corrected chi connectivity index (χ4v) is 3.42. The van der Waals surface area contributed by atoms with E-state index in [-0.39, 0.29) is 0 Å². The van der Waals surface area contributed by atoms with E-state index in [0.29, 0.717) is 10.8 Å². The highest BCUT2D eigenvalue weighted by Crippen LogP contribution is 2.77. The minimum Gasteiger partial charge on any atom is -0.0876 e. The van der Waals surface area contributed by atoms with Crippen LogP contribution in [-0.2, 0) is 0 Å². The predicted molar refractivity (Wildman–Crippen MR) is 46.2 cm³/mol. The van der Waals surface area contributed by atoms with Crippen LogP contribution in [0.25, 0.3) is 0 Å². The maximum absolute atomic E-state index is 2.46. The highest BCUT2D eigenvalue weighted by molar-refractivity contribution is 5.40. The zero-order valence-electron chi connectivity index (χ0n) is 7.01. The third-order valence-corrected chi connectivity index (χ3v) is 4.24. The quantitative estimate of drug-likeness (QED) is 0.461. The Hall–Kier alpha value is -0.520. The molecule has 11 heavy (non-hydrogen) atoms. The van der Waals surface area contributed by atoms with E-state index in [4.69, 9.17) is 0 Å². The van der Waals surface area contributed by atoms with Gasteiger partial charge >= 0.3 is 0 Å². The Morgan fingerprint density at radius 3 is 2.91 bits per heavy atom. The summed E-state index contributed by atoms with van der Waals surface area (Å²) in [6, 6.07) is 0. The van der Waals surface area contributed by atoms with E-state index in [2.05, 4.69) is 31.2 Å². The topological polar surface area (TPSA) is 0 Å². The second-order valence-electron chi connectivity index (χ2n) is 4.48. The van der Waals surface area contributed by atoms with Crippen molar-refractivity contribution < 1.29 is 0 Å². The van der Waals surface area contributed by atoms with Gasteiger partial charge in [0.15, 0.2) is 0 Å². The van der Waals surface area contributed by atoms with Crippen LogP contribution >= 0.6 is 0 Å². The normalized spacial score (nSPS) is 57.4. The van der Waals surface area contributed by atoms with Gasteiger partial charge in [-0.1, -0.05) is 31.2 Å². The van der Waals surface area contributed by atoms with Crippen molar-refractivity contribution in [3.05, 3.63) is 24.3 Å². The first-order chi connectivity index (χ1) is 5.30. The van der Waals surface area contributed by atoms with Crippen molar-refractivity contribution in [2.75, 3.05) is 0 Å². The molecular weight excluding hydrogens is 132 g/mol. The van der Waals surface area contributed by atoms with Crippen LogP contribution in [0, 0.1) is 16.7 Å². The molecule has 0 bridgehead atoms. The lowest BCUT2D eigenvalue weighted by Gasteiger charge is -2.19. The molecular formula is C11H14. The molecule has 58 valence electrons. The molecule has 3 aliphatic carbocycles. The van der Waals surface area contributed by atoms with E-state index in [9.17, 15) is 0 Å². The van der Waals surface area contributed by atoms with Crippen LogP contribution in [0.15, 0.2) is 24.3 Å². The third kappa shape index (κ3) is 0.446. The van der Waals surface area contributed by atoms with Crippen LogP contribution in [0.4, 0.5) is 0 Å². The summed E-state index contributed by atoms with van der Waals surface area (Å²) >= 11 is 0. The van der Waals surface area contributed by atoms with Crippen molar-refractivity contribution in [2.24, 2.45) is 16.7 Å². The van der Waals surface area contributed by atoms with Gasteiger partial charge in [-0.2, -0.15) is 0 Å². The summed E-state index contributed by atoms with van der Waals surface area (Å²) in [5.41, 5.74) is 1.20. The van der Waals surface area contributed by atoms with Crippen molar-refractivity contribution in [1.29, 1.82) is 0 Å². The molecule has 1 spiro atoms. The fourth-order valence-electron chi connectivity index (χ4n) is 3.42. The monoisotopic (exact) mass is 146 g/mol. The lowest BCUT2D eigenvalue weighted by Crippen LogP contribution is -2.09. The van der Waals surface area contributed by atoms with Gasteiger partial charge in [0.2, 0.25) is 0 Å².